The van der Waals surface area contributed by atoms with E-state index in [0.717, 1.165) is 19.3 Å². The van der Waals surface area contributed by atoms with E-state index in [1.807, 2.05) is 0 Å². The third-order valence-electron chi connectivity index (χ3n) is 2.37. The van der Waals surface area contributed by atoms with Crippen molar-refractivity contribution in [3.63, 3.8) is 0 Å². The monoisotopic (exact) mass is 276 g/mol. The van der Waals surface area contributed by atoms with Crippen LogP contribution in [0.3, 0.4) is 0 Å². The van der Waals surface area contributed by atoms with Gasteiger partial charge in [0.1, 0.15) is 0 Å². The van der Waals surface area contributed by atoms with Gasteiger partial charge in [-0.3, -0.25) is 9.59 Å². The Morgan fingerprint density at radius 2 is 1.11 bits per heavy atom. The smallest absolute Gasteiger partial charge is 0.308 e. The molecule has 0 amide bonds. The van der Waals surface area contributed by atoms with E-state index >= 15 is 0 Å². The maximum atomic E-state index is 11.1. The molecule has 0 aromatic heterocycles. The van der Waals surface area contributed by atoms with Gasteiger partial charge in [-0.25, -0.2) is 0 Å². The van der Waals surface area contributed by atoms with Crippen LogP contribution < -0.4 is 0 Å². The van der Waals surface area contributed by atoms with Crippen molar-refractivity contribution in [2.75, 3.05) is 0 Å². The first-order chi connectivity index (χ1) is 8.91. The maximum Gasteiger partial charge on any atom is 0.308 e. The predicted molar refractivity (Wildman–Crippen MR) is 67.9 cm³/mol. The molecule has 0 aliphatic rings. The molecule has 0 bridgehead atoms. The van der Waals surface area contributed by atoms with E-state index in [0.29, 0.717) is 25.7 Å². The van der Waals surface area contributed by atoms with Crippen LogP contribution in [0.25, 0.3) is 0 Å². The molecule has 0 aliphatic heterocycles. The number of aliphatic hydroxyl groups excluding tert-OH is 2. The molecule has 6 heteroatoms. The Bertz CT molecular complexity index is 236. The number of unbranched alkanes of at least 4 members (excludes halogenated alkanes) is 4. The summed E-state index contributed by atoms with van der Waals surface area (Å²) in [6, 6.07) is 0. The van der Waals surface area contributed by atoms with Gasteiger partial charge in [0.15, 0.2) is 12.6 Å². The van der Waals surface area contributed by atoms with Crippen LogP contribution in [0.15, 0.2) is 0 Å². The summed E-state index contributed by atoms with van der Waals surface area (Å²) in [7, 11) is 0. The van der Waals surface area contributed by atoms with E-state index in [2.05, 4.69) is 9.47 Å². The molecule has 0 spiro atoms. The van der Waals surface area contributed by atoms with Gasteiger partial charge in [-0.15, -0.1) is 0 Å². The van der Waals surface area contributed by atoms with Gasteiger partial charge in [0.05, 0.1) is 0 Å². The number of rotatable bonds is 10. The van der Waals surface area contributed by atoms with Gasteiger partial charge < -0.3 is 19.7 Å². The van der Waals surface area contributed by atoms with Crippen LogP contribution in [-0.4, -0.2) is 34.7 Å². The lowest BCUT2D eigenvalue weighted by molar-refractivity contribution is -0.166. The fourth-order valence-corrected chi connectivity index (χ4v) is 1.57. The van der Waals surface area contributed by atoms with Gasteiger partial charge >= 0.3 is 11.9 Å². The topological polar surface area (TPSA) is 93.1 Å². The van der Waals surface area contributed by atoms with Gasteiger partial charge in [-0.05, 0) is 26.7 Å². The molecule has 0 rings (SSSR count). The van der Waals surface area contributed by atoms with Crippen molar-refractivity contribution in [1.82, 2.24) is 0 Å². The fraction of sp³-hybridized carbons (Fsp3) is 0.846. The third kappa shape index (κ3) is 13.1. The summed E-state index contributed by atoms with van der Waals surface area (Å²) in [6.45, 7) is 2.79. The highest BCUT2D eigenvalue weighted by molar-refractivity contribution is 5.69. The molecule has 0 aliphatic carbocycles. The average Bonchev–Trinajstić information content (AvgIpc) is 2.25. The van der Waals surface area contributed by atoms with Crippen LogP contribution in [0, 0.1) is 0 Å². The predicted octanol–water partition coefficient (Wildman–Crippen LogP) is 1.48. The highest BCUT2D eigenvalue weighted by atomic mass is 16.6. The van der Waals surface area contributed by atoms with Gasteiger partial charge in [-0.1, -0.05) is 19.3 Å². The zero-order valence-corrected chi connectivity index (χ0v) is 11.6. The lowest BCUT2D eigenvalue weighted by atomic mass is 10.1. The zero-order valence-electron chi connectivity index (χ0n) is 11.6. The van der Waals surface area contributed by atoms with Crippen molar-refractivity contribution < 1.29 is 29.3 Å². The number of esters is 2. The standard InChI is InChI=1S/C13H24O6/c1-10(14)18-12(16)8-6-4-3-5-7-9-13(17)19-11(2)15/h10-11,14-15H,3-9H2,1-2H3. The van der Waals surface area contributed by atoms with E-state index in [4.69, 9.17) is 10.2 Å². The lowest BCUT2D eigenvalue weighted by Crippen LogP contribution is -2.13. The summed E-state index contributed by atoms with van der Waals surface area (Å²) in [5, 5.41) is 17.6. The number of hydrogen-bond donors (Lipinski definition) is 2. The Balaban J connectivity index is 3.32. The average molecular weight is 276 g/mol. The second-order valence-electron chi connectivity index (χ2n) is 4.45. The molecule has 0 aromatic rings. The second kappa shape index (κ2) is 10.8. The van der Waals surface area contributed by atoms with Crippen molar-refractivity contribution in [3.05, 3.63) is 0 Å². The largest absolute Gasteiger partial charge is 0.436 e. The molecule has 0 saturated heterocycles. The molecule has 0 saturated carbocycles. The lowest BCUT2D eigenvalue weighted by Gasteiger charge is -2.07. The summed E-state index contributed by atoms with van der Waals surface area (Å²) in [4.78, 5) is 22.1. The minimum absolute atomic E-state index is 0.301. The highest BCUT2D eigenvalue weighted by Gasteiger charge is 2.07. The first-order valence-electron chi connectivity index (χ1n) is 6.67. The van der Waals surface area contributed by atoms with Crippen LogP contribution in [0.4, 0.5) is 0 Å². The second-order valence-corrected chi connectivity index (χ2v) is 4.45. The van der Waals surface area contributed by atoms with Gasteiger partial charge in [0, 0.05) is 12.8 Å². The molecule has 2 atom stereocenters. The van der Waals surface area contributed by atoms with E-state index in [-0.39, 0.29) is 0 Å². The normalized spacial score (nSPS) is 13.7. The summed E-state index contributed by atoms with van der Waals surface area (Å²) in [6.07, 6.45) is 2.60. The molecule has 19 heavy (non-hydrogen) atoms. The number of hydrogen-bond acceptors (Lipinski definition) is 6. The van der Waals surface area contributed by atoms with E-state index < -0.39 is 24.5 Å². The molecule has 112 valence electrons. The van der Waals surface area contributed by atoms with Crippen LogP contribution >= 0.6 is 0 Å². The molecule has 6 nitrogen and oxygen atoms in total. The Kier molecular flexibility index (Phi) is 10.1. The van der Waals surface area contributed by atoms with E-state index in [1.165, 1.54) is 13.8 Å². The molecule has 0 heterocycles. The van der Waals surface area contributed by atoms with Crippen molar-refractivity contribution in [2.45, 2.75) is 71.4 Å². The number of carbonyl (C=O) groups excluding carboxylic acids is 2. The quantitative estimate of drug-likeness (QED) is 0.356. The zero-order chi connectivity index (χ0) is 14.7. The summed E-state index contributed by atoms with van der Waals surface area (Å²) in [5.41, 5.74) is 0. The van der Waals surface area contributed by atoms with Crippen LogP contribution in [0.5, 0.6) is 0 Å². The molecular formula is C13H24O6. The van der Waals surface area contributed by atoms with Crippen molar-refractivity contribution >= 4 is 11.9 Å². The van der Waals surface area contributed by atoms with Crippen LogP contribution in [0.2, 0.25) is 0 Å². The van der Waals surface area contributed by atoms with Gasteiger partial charge in [0.2, 0.25) is 0 Å². The van der Waals surface area contributed by atoms with Crippen molar-refractivity contribution in [3.8, 4) is 0 Å². The molecule has 0 aromatic carbocycles. The van der Waals surface area contributed by atoms with Gasteiger partial charge in [-0.2, -0.15) is 0 Å². The number of aliphatic hydroxyl groups is 2. The van der Waals surface area contributed by atoms with Crippen LogP contribution in [-0.2, 0) is 19.1 Å². The van der Waals surface area contributed by atoms with Gasteiger partial charge in [0.25, 0.3) is 0 Å². The summed E-state index contributed by atoms with van der Waals surface area (Å²) < 4.78 is 9.16. The minimum Gasteiger partial charge on any atom is -0.436 e. The molecule has 2 N–H and O–H groups in total. The Morgan fingerprint density at radius 3 is 1.42 bits per heavy atom. The third-order valence-corrected chi connectivity index (χ3v) is 2.37. The maximum absolute atomic E-state index is 11.1. The Labute approximate surface area is 113 Å². The van der Waals surface area contributed by atoms with Crippen LogP contribution in [0.1, 0.15) is 58.8 Å². The molecule has 0 fully saturated rings. The summed E-state index contributed by atoms with van der Waals surface area (Å²) >= 11 is 0. The molecular weight excluding hydrogens is 252 g/mol. The number of ether oxygens (including phenoxy) is 2. The summed E-state index contributed by atoms with van der Waals surface area (Å²) in [5.74, 6) is -0.786. The number of carbonyl (C=O) groups is 2. The highest BCUT2D eigenvalue weighted by Crippen LogP contribution is 2.09. The van der Waals surface area contributed by atoms with E-state index in [9.17, 15) is 9.59 Å². The fourth-order valence-electron chi connectivity index (χ4n) is 1.57. The minimum atomic E-state index is -1.05. The van der Waals surface area contributed by atoms with Crippen molar-refractivity contribution in [1.29, 1.82) is 0 Å². The van der Waals surface area contributed by atoms with E-state index in [1.54, 1.807) is 0 Å². The first kappa shape index (κ1) is 17.9. The Hall–Kier alpha value is -1.14. The SMILES string of the molecule is CC(O)OC(=O)CCCCCCCC(=O)OC(C)O. The molecule has 2 unspecified atom stereocenters. The molecule has 0 radical (unpaired) electrons. The van der Waals surface area contributed by atoms with Crippen molar-refractivity contribution in [2.24, 2.45) is 0 Å². The first-order valence-corrected chi connectivity index (χ1v) is 6.67. The Morgan fingerprint density at radius 1 is 0.789 bits per heavy atom.